The molecule has 0 saturated heterocycles. The van der Waals surface area contributed by atoms with Gasteiger partial charge in [-0.25, -0.2) is 18.7 Å². The summed E-state index contributed by atoms with van der Waals surface area (Å²) in [6.07, 6.45) is 1.37. The molecule has 24 heavy (non-hydrogen) atoms. The first-order chi connectivity index (χ1) is 11.5. The summed E-state index contributed by atoms with van der Waals surface area (Å²) in [5.74, 6) is -0.984. The third kappa shape index (κ3) is 3.27. The Morgan fingerprint density at radius 3 is 2.42 bits per heavy atom. The Morgan fingerprint density at radius 2 is 1.75 bits per heavy atom. The van der Waals surface area contributed by atoms with Gasteiger partial charge >= 0.3 is 0 Å². The number of nitrogens with zero attached hydrogens (tertiary/aromatic N) is 2. The van der Waals surface area contributed by atoms with E-state index in [9.17, 15) is 13.6 Å². The molecule has 0 radical (unpaired) electrons. The minimum absolute atomic E-state index is 0.0875. The SMILES string of the molecule is Cc1nc(-c2ccc(F)cc2)ncc1C(=O)Nc1ccccc1F. The zero-order valence-electron chi connectivity index (χ0n) is 12.8. The lowest BCUT2D eigenvalue weighted by molar-refractivity contribution is 0.102. The van der Waals surface area contributed by atoms with Crippen LogP contribution in [-0.4, -0.2) is 15.9 Å². The monoisotopic (exact) mass is 325 g/mol. The minimum atomic E-state index is -0.521. The van der Waals surface area contributed by atoms with Gasteiger partial charge in [-0.1, -0.05) is 12.1 Å². The number of anilines is 1. The molecule has 3 aromatic rings. The zero-order chi connectivity index (χ0) is 17.1. The molecule has 1 aromatic heterocycles. The van der Waals surface area contributed by atoms with Gasteiger partial charge in [0, 0.05) is 11.8 Å². The molecule has 0 aliphatic heterocycles. The van der Waals surface area contributed by atoms with Crippen LogP contribution in [0.3, 0.4) is 0 Å². The standard InChI is InChI=1S/C18H13F2N3O/c1-11-14(18(24)23-16-5-3-2-4-15(16)20)10-21-17(22-11)12-6-8-13(19)9-7-12/h2-10H,1H3,(H,23,24). The van der Waals surface area contributed by atoms with Crippen molar-refractivity contribution < 1.29 is 13.6 Å². The summed E-state index contributed by atoms with van der Waals surface area (Å²) in [5, 5.41) is 2.49. The highest BCUT2D eigenvalue weighted by atomic mass is 19.1. The van der Waals surface area contributed by atoms with E-state index >= 15 is 0 Å². The van der Waals surface area contributed by atoms with Crippen LogP contribution in [0.5, 0.6) is 0 Å². The Hall–Kier alpha value is -3.15. The van der Waals surface area contributed by atoms with E-state index in [1.54, 1.807) is 25.1 Å². The lowest BCUT2D eigenvalue weighted by Gasteiger charge is -2.09. The molecule has 0 atom stereocenters. The van der Waals surface area contributed by atoms with Crippen molar-refractivity contribution in [3.63, 3.8) is 0 Å². The maximum Gasteiger partial charge on any atom is 0.259 e. The van der Waals surface area contributed by atoms with Gasteiger partial charge in [0.1, 0.15) is 11.6 Å². The first-order valence-electron chi connectivity index (χ1n) is 7.20. The first kappa shape index (κ1) is 15.7. The Morgan fingerprint density at radius 1 is 1.04 bits per heavy atom. The number of rotatable bonds is 3. The highest BCUT2D eigenvalue weighted by Gasteiger charge is 2.14. The molecular formula is C18H13F2N3O. The average molecular weight is 325 g/mol. The predicted molar refractivity (Wildman–Crippen MR) is 86.5 cm³/mol. The lowest BCUT2D eigenvalue weighted by Crippen LogP contribution is -2.15. The fraction of sp³-hybridized carbons (Fsp3) is 0.0556. The number of halogens is 2. The van der Waals surface area contributed by atoms with Gasteiger partial charge in [-0.2, -0.15) is 0 Å². The molecule has 0 saturated carbocycles. The summed E-state index contributed by atoms with van der Waals surface area (Å²) >= 11 is 0. The largest absolute Gasteiger partial charge is 0.319 e. The van der Waals surface area contributed by atoms with Gasteiger partial charge in [-0.05, 0) is 43.3 Å². The number of amides is 1. The van der Waals surface area contributed by atoms with Crippen molar-refractivity contribution in [3.05, 3.63) is 77.6 Å². The summed E-state index contributed by atoms with van der Waals surface area (Å²) in [5.41, 5.74) is 1.41. The van der Waals surface area contributed by atoms with Crippen molar-refractivity contribution in [2.75, 3.05) is 5.32 Å². The number of carbonyl (C=O) groups is 1. The summed E-state index contributed by atoms with van der Waals surface area (Å²) in [6.45, 7) is 1.66. The van der Waals surface area contributed by atoms with Crippen molar-refractivity contribution >= 4 is 11.6 Å². The van der Waals surface area contributed by atoms with Crippen LogP contribution in [0, 0.1) is 18.6 Å². The van der Waals surface area contributed by atoms with E-state index < -0.39 is 11.7 Å². The van der Waals surface area contributed by atoms with E-state index in [-0.39, 0.29) is 17.1 Å². The van der Waals surface area contributed by atoms with Gasteiger partial charge < -0.3 is 5.32 Å². The summed E-state index contributed by atoms with van der Waals surface area (Å²) < 4.78 is 26.6. The molecule has 0 aliphatic rings. The van der Waals surface area contributed by atoms with Gasteiger partial charge in [0.05, 0.1) is 16.9 Å². The summed E-state index contributed by atoms with van der Waals surface area (Å²) in [4.78, 5) is 20.7. The molecule has 120 valence electrons. The van der Waals surface area contributed by atoms with Crippen molar-refractivity contribution in [3.8, 4) is 11.4 Å². The quantitative estimate of drug-likeness (QED) is 0.792. The third-order valence-electron chi connectivity index (χ3n) is 3.45. The molecular weight excluding hydrogens is 312 g/mol. The number of nitrogens with one attached hydrogen (secondary N) is 1. The van der Waals surface area contributed by atoms with Crippen molar-refractivity contribution in [2.24, 2.45) is 0 Å². The minimum Gasteiger partial charge on any atom is -0.319 e. The Bertz CT molecular complexity index is 895. The van der Waals surface area contributed by atoms with E-state index in [4.69, 9.17) is 0 Å². The van der Waals surface area contributed by atoms with Gasteiger partial charge in [0.2, 0.25) is 0 Å². The first-order valence-corrected chi connectivity index (χ1v) is 7.20. The third-order valence-corrected chi connectivity index (χ3v) is 3.45. The number of hydrogen-bond acceptors (Lipinski definition) is 3. The van der Waals surface area contributed by atoms with E-state index in [1.807, 2.05) is 0 Å². The fourth-order valence-electron chi connectivity index (χ4n) is 2.18. The highest BCUT2D eigenvalue weighted by Crippen LogP contribution is 2.18. The average Bonchev–Trinajstić information content (AvgIpc) is 2.57. The van der Waals surface area contributed by atoms with Crippen molar-refractivity contribution in [2.45, 2.75) is 6.92 Å². The predicted octanol–water partition coefficient (Wildman–Crippen LogP) is 3.98. The molecule has 2 aromatic carbocycles. The van der Waals surface area contributed by atoms with Crippen molar-refractivity contribution in [1.29, 1.82) is 0 Å². The summed E-state index contributed by atoms with van der Waals surface area (Å²) in [7, 11) is 0. The smallest absolute Gasteiger partial charge is 0.259 e. The highest BCUT2D eigenvalue weighted by molar-refractivity contribution is 6.04. The molecule has 1 amide bonds. The molecule has 1 N–H and O–H groups in total. The zero-order valence-corrected chi connectivity index (χ0v) is 12.8. The van der Waals surface area contributed by atoms with E-state index in [2.05, 4.69) is 15.3 Å². The number of carbonyl (C=O) groups excluding carboxylic acids is 1. The molecule has 1 heterocycles. The molecule has 3 rings (SSSR count). The van der Waals surface area contributed by atoms with Crippen molar-refractivity contribution in [1.82, 2.24) is 9.97 Å². The van der Waals surface area contributed by atoms with Crippen LogP contribution in [0.25, 0.3) is 11.4 Å². The number of benzene rings is 2. The second kappa shape index (κ2) is 6.54. The molecule has 6 heteroatoms. The maximum atomic E-state index is 13.6. The van der Waals surface area contributed by atoms with Gasteiger partial charge in [0.25, 0.3) is 5.91 Å². The Balaban J connectivity index is 1.86. The van der Waals surface area contributed by atoms with E-state index in [1.165, 1.54) is 36.5 Å². The molecule has 0 spiro atoms. The second-order valence-electron chi connectivity index (χ2n) is 5.13. The number of hydrogen-bond donors (Lipinski definition) is 1. The molecule has 4 nitrogen and oxygen atoms in total. The van der Waals surface area contributed by atoms with Crippen LogP contribution in [0.1, 0.15) is 16.1 Å². The van der Waals surface area contributed by atoms with Crippen LogP contribution < -0.4 is 5.32 Å². The maximum absolute atomic E-state index is 13.6. The van der Waals surface area contributed by atoms with E-state index in [0.717, 1.165) is 0 Å². The van der Waals surface area contributed by atoms with E-state index in [0.29, 0.717) is 17.1 Å². The van der Waals surface area contributed by atoms with Gasteiger partial charge in [0.15, 0.2) is 5.82 Å². The molecule has 0 fully saturated rings. The van der Waals surface area contributed by atoms with Gasteiger partial charge in [-0.3, -0.25) is 4.79 Å². The number of aryl methyl sites for hydroxylation is 1. The number of aromatic nitrogens is 2. The molecule has 0 unspecified atom stereocenters. The topological polar surface area (TPSA) is 54.9 Å². The fourth-order valence-corrected chi connectivity index (χ4v) is 2.18. The van der Waals surface area contributed by atoms with Crippen LogP contribution in [-0.2, 0) is 0 Å². The van der Waals surface area contributed by atoms with Crippen LogP contribution in [0.4, 0.5) is 14.5 Å². The second-order valence-corrected chi connectivity index (χ2v) is 5.13. The van der Waals surface area contributed by atoms with Crippen LogP contribution >= 0.6 is 0 Å². The van der Waals surface area contributed by atoms with Gasteiger partial charge in [-0.15, -0.1) is 0 Å². The van der Waals surface area contributed by atoms with Crippen LogP contribution in [0.2, 0.25) is 0 Å². The normalized spacial score (nSPS) is 10.5. The molecule has 0 aliphatic carbocycles. The lowest BCUT2D eigenvalue weighted by atomic mass is 10.1. The summed E-state index contributed by atoms with van der Waals surface area (Å²) in [6, 6.07) is 11.6. The Labute approximate surface area is 137 Å². The number of para-hydroxylation sites is 1. The molecule has 0 bridgehead atoms. The van der Waals surface area contributed by atoms with Crippen LogP contribution in [0.15, 0.2) is 54.7 Å². The Kier molecular flexibility index (Phi) is 4.29.